The summed E-state index contributed by atoms with van der Waals surface area (Å²) >= 11 is 0. The molecule has 0 saturated carbocycles. The van der Waals surface area contributed by atoms with E-state index in [1.807, 2.05) is 12.2 Å². The SMILES string of the molecule is COC(=O)c1cc(C(C)=O)c2c(n1)C=CCC2. The largest absolute Gasteiger partial charge is 0.464 e. The molecule has 17 heavy (non-hydrogen) atoms. The molecule has 1 aromatic rings. The second-order valence-corrected chi connectivity index (χ2v) is 3.91. The van der Waals surface area contributed by atoms with Crippen molar-refractivity contribution in [1.29, 1.82) is 0 Å². The molecule has 0 N–H and O–H groups in total. The molecule has 0 radical (unpaired) electrons. The van der Waals surface area contributed by atoms with Crippen LogP contribution in [0.2, 0.25) is 0 Å². The summed E-state index contributed by atoms with van der Waals surface area (Å²) in [6.45, 7) is 1.50. The first-order valence-corrected chi connectivity index (χ1v) is 5.43. The third-order valence-corrected chi connectivity index (χ3v) is 2.77. The van der Waals surface area contributed by atoms with Crippen LogP contribution in [-0.2, 0) is 11.2 Å². The molecule has 88 valence electrons. The lowest BCUT2D eigenvalue weighted by Gasteiger charge is -2.14. The highest BCUT2D eigenvalue weighted by Crippen LogP contribution is 2.23. The summed E-state index contributed by atoms with van der Waals surface area (Å²) < 4.78 is 4.63. The smallest absolute Gasteiger partial charge is 0.356 e. The summed E-state index contributed by atoms with van der Waals surface area (Å²) in [5.41, 5.74) is 2.37. The minimum Gasteiger partial charge on any atom is -0.464 e. The van der Waals surface area contributed by atoms with Gasteiger partial charge >= 0.3 is 5.97 Å². The molecule has 0 aromatic carbocycles. The Morgan fingerprint density at radius 1 is 1.41 bits per heavy atom. The quantitative estimate of drug-likeness (QED) is 0.577. The van der Waals surface area contributed by atoms with E-state index in [1.165, 1.54) is 20.1 Å². The molecule has 2 rings (SSSR count). The molecule has 0 amide bonds. The van der Waals surface area contributed by atoms with E-state index < -0.39 is 5.97 Å². The molecule has 0 unspecified atom stereocenters. The molecule has 1 aliphatic rings. The number of aromatic nitrogens is 1. The highest BCUT2D eigenvalue weighted by molar-refractivity contribution is 5.99. The number of Topliss-reactive ketones (excluding diaryl/α,β-unsaturated/α-hetero) is 1. The Kier molecular flexibility index (Phi) is 3.04. The topological polar surface area (TPSA) is 56.3 Å². The fraction of sp³-hybridized carbons (Fsp3) is 0.308. The van der Waals surface area contributed by atoms with Gasteiger partial charge in [-0.3, -0.25) is 4.79 Å². The van der Waals surface area contributed by atoms with Crippen molar-refractivity contribution >= 4 is 17.8 Å². The van der Waals surface area contributed by atoms with Crippen LogP contribution in [0.5, 0.6) is 0 Å². The molecule has 0 atom stereocenters. The summed E-state index contributed by atoms with van der Waals surface area (Å²) in [4.78, 5) is 27.2. The third-order valence-electron chi connectivity index (χ3n) is 2.77. The van der Waals surface area contributed by atoms with Gasteiger partial charge in [0.25, 0.3) is 0 Å². The second kappa shape index (κ2) is 4.49. The highest BCUT2D eigenvalue weighted by Gasteiger charge is 2.19. The molecule has 1 heterocycles. The van der Waals surface area contributed by atoms with Crippen molar-refractivity contribution in [3.8, 4) is 0 Å². The van der Waals surface area contributed by atoms with Crippen molar-refractivity contribution in [2.45, 2.75) is 19.8 Å². The number of allylic oxidation sites excluding steroid dienone is 1. The first-order chi connectivity index (χ1) is 8.13. The monoisotopic (exact) mass is 231 g/mol. The van der Waals surface area contributed by atoms with Crippen LogP contribution in [0.4, 0.5) is 0 Å². The predicted molar refractivity (Wildman–Crippen MR) is 62.9 cm³/mol. The average molecular weight is 231 g/mol. The number of pyridine rings is 1. The maximum Gasteiger partial charge on any atom is 0.356 e. The van der Waals surface area contributed by atoms with Gasteiger partial charge in [-0.25, -0.2) is 9.78 Å². The average Bonchev–Trinajstić information content (AvgIpc) is 2.36. The maximum absolute atomic E-state index is 11.6. The number of ketones is 1. The molecular weight excluding hydrogens is 218 g/mol. The fourth-order valence-electron chi connectivity index (χ4n) is 1.94. The van der Waals surface area contributed by atoms with Crippen LogP contribution < -0.4 is 0 Å². The van der Waals surface area contributed by atoms with Crippen molar-refractivity contribution in [3.05, 3.63) is 34.7 Å². The highest BCUT2D eigenvalue weighted by atomic mass is 16.5. The van der Waals surface area contributed by atoms with E-state index in [9.17, 15) is 9.59 Å². The predicted octanol–water partition coefficient (Wildman–Crippen LogP) is 2.03. The molecular formula is C13H13NO3. The lowest BCUT2D eigenvalue weighted by Crippen LogP contribution is -2.13. The Bertz CT molecular complexity index is 518. The van der Waals surface area contributed by atoms with Gasteiger partial charge < -0.3 is 4.74 Å². The Morgan fingerprint density at radius 3 is 2.82 bits per heavy atom. The van der Waals surface area contributed by atoms with E-state index >= 15 is 0 Å². The van der Waals surface area contributed by atoms with Crippen molar-refractivity contribution in [2.24, 2.45) is 0 Å². The summed E-state index contributed by atoms with van der Waals surface area (Å²) in [6, 6.07) is 1.52. The van der Waals surface area contributed by atoms with E-state index in [0.717, 1.165) is 18.4 Å². The van der Waals surface area contributed by atoms with Crippen molar-refractivity contribution in [2.75, 3.05) is 7.11 Å². The van der Waals surface area contributed by atoms with Gasteiger partial charge in [0.05, 0.1) is 12.8 Å². The van der Waals surface area contributed by atoms with E-state index in [2.05, 4.69) is 9.72 Å². The molecule has 0 saturated heterocycles. The minimum atomic E-state index is -0.519. The van der Waals surface area contributed by atoms with Gasteiger partial charge in [-0.1, -0.05) is 6.08 Å². The van der Waals surface area contributed by atoms with Crippen molar-refractivity contribution in [3.63, 3.8) is 0 Å². The molecule has 0 aliphatic heterocycles. The van der Waals surface area contributed by atoms with E-state index in [0.29, 0.717) is 11.3 Å². The van der Waals surface area contributed by atoms with Crippen LogP contribution in [0.1, 0.15) is 45.4 Å². The van der Waals surface area contributed by atoms with E-state index in [4.69, 9.17) is 0 Å². The number of nitrogens with zero attached hydrogens (tertiary/aromatic N) is 1. The van der Waals surface area contributed by atoms with Crippen LogP contribution in [0.3, 0.4) is 0 Å². The fourth-order valence-corrected chi connectivity index (χ4v) is 1.94. The third kappa shape index (κ3) is 2.11. The van der Waals surface area contributed by atoms with Gasteiger partial charge in [0.2, 0.25) is 0 Å². The molecule has 4 heteroatoms. The summed E-state index contributed by atoms with van der Waals surface area (Å²) in [7, 11) is 1.30. The summed E-state index contributed by atoms with van der Waals surface area (Å²) in [6.07, 6.45) is 5.51. The molecule has 0 spiro atoms. The van der Waals surface area contributed by atoms with E-state index in [-0.39, 0.29) is 11.5 Å². The van der Waals surface area contributed by atoms with Gasteiger partial charge in [-0.15, -0.1) is 0 Å². The number of carbonyl (C=O) groups excluding carboxylic acids is 2. The number of carbonyl (C=O) groups is 2. The number of ether oxygens (including phenoxy) is 1. The number of rotatable bonds is 2. The number of hydrogen-bond acceptors (Lipinski definition) is 4. The van der Waals surface area contributed by atoms with Gasteiger partial charge in [-0.2, -0.15) is 0 Å². The van der Waals surface area contributed by atoms with Crippen LogP contribution in [0.15, 0.2) is 12.1 Å². The molecule has 1 aromatic heterocycles. The van der Waals surface area contributed by atoms with Crippen molar-refractivity contribution < 1.29 is 14.3 Å². The molecule has 0 fully saturated rings. The summed E-state index contributed by atoms with van der Waals surface area (Å²) in [5.74, 6) is -0.571. The van der Waals surface area contributed by atoms with Crippen LogP contribution in [0.25, 0.3) is 6.08 Å². The van der Waals surface area contributed by atoms with Gasteiger partial charge in [0.1, 0.15) is 5.69 Å². The normalized spacial score (nSPS) is 13.1. The first-order valence-electron chi connectivity index (χ1n) is 5.43. The van der Waals surface area contributed by atoms with Crippen LogP contribution in [0, 0.1) is 0 Å². The standard InChI is InChI=1S/C13H13NO3/c1-8(15)10-7-12(13(16)17-2)14-11-6-4-3-5-9(10)11/h4,6-7H,3,5H2,1-2H3. The van der Waals surface area contributed by atoms with Gasteiger partial charge in [0, 0.05) is 5.56 Å². The Labute approximate surface area is 99.3 Å². The second-order valence-electron chi connectivity index (χ2n) is 3.91. The number of fused-ring (bicyclic) bond motifs is 1. The van der Waals surface area contributed by atoms with Gasteiger partial charge in [-0.05, 0) is 37.5 Å². The zero-order valence-corrected chi connectivity index (χ0v) is 9.82. The Balaban J connectivity index is 2.61. The molecule has 4 nitrogen and oxygen atoms in total. The Hall–Kier alpha value is -1.97. The number of hydrogen-bond donors (Lipinski definition) is 0. The lowest BCUT2D eigenvalue weighted by atomic mass is 9.94. The molecule has 1 aliphatic carbocycles. The van der Waals surface area contributed by atoms with Gasteiger partial charge in [0.15, 0.2) is 5.78 Å². The van der Waals surface area contributed by atoms with Crippen LogP contribution >= 0.6 is 0 Å². The minimum absolute atomic E-state index is 0.0518. The van der Waals surface area contributed by atoms with E-state index in [1.54, 1.807) is 0 Å². The maximum atomic E-state index is 11.6. The van der Waals surface area contributed by atoms with Crippen molar-refractivity contribution in [1.82, 2.24) is 4.98 Å². The molecule has 0 bridgehead atoms. The first kappa shape index (κ1) is 11.5. The van der Waals surface area contributed by atoms with Crippen LogP contribution in [-0.4, -0.2) is 23.8 Å². The Morgan fingerprint density at radius 2 is 2.18 bits per heavy atom. The summed E-state index contributed by atoms with van der Waals surface area (Å²) in [5, 5.41) is 0. The lowest BCUT2D eigenvalue weighted by molar-refractivity contribution is 0.0594. The number of methoxy groups -OCH3 is 1. The zero-order valence-electron chi connectivity index (χ0n) is 9.82. The number of esters is 1. The zero-order chi connectivity index (χ0) is 12.4.